The van der Waals surface area contributed by atoms with Crippen molar-refractivity contribution >= 4 is 0 Å². The van der Waals surface area contributed by atoms with Crippen LogP contribution in [0.5, 0.6) is 0 Å². The molecular formula is C12H11F3N4. The zero-order valence-corrected chi connectivity index (χ0v) is 9.85. The van der Waals surface area contributed by atoms with Gasteiger partial charge >= 0.3 is 6.18 Å². The van der Waals surface area contributed by atoms with E-state index in [1.165, 1.54) is 12.3 Å². The summed E-state index contributed by atoms with van der Waals surface area (Å²) in [5.74, 6) is 0.414. The summed E-state index contributed by atoms with van der Waals surface area (Å²) in [6, 6.07) is 4.93. The van der Waals surface area contributed by atoms with E-state index in [1.54, 1.807) is 6.07 Å². The largest absolute Gasteiger partial charge is 0.416 e. The Hall–Kier alpha value is -2.02. The molecule has 0 amide bonds. The molecule has 1 aromatic carbocycles. The zero-order valence-electron chi connectivity index (χ0n) is 9.85. The lowest BCUT2D eigenvalue weighted by Gasteiger charge is -2.08. The van der Waals surface area contributed by atoms with Gasteiger partial charge in [0.05, 0.1) is 17.5 Å². The third kappa shape index (κ3) is 3.25. The van der Waals surface area contributed by atoms with E-state index < -0.39 is 11.7 Å². The van der Waals surface area contributed by atoms with Crippen LogP contribution in [0.4, 0.5) is 13.2 Å². The molecule has 0 saturated carbocycles. The summed E-state index contributed by atoms with van der Waals surface area (Å²) in [7, 11) is 0. The standard InChI is InChI=1S/C12H11F3N4/c13-12(14,15)9-3-1-2-8(6-9)10-7-17-19-11(18-10)4-5-16/h1-3,6-7H,4-5,16H2. The molecule has 0 radical (unpaired) electrons. The third-order valence-electron chi connectivity index (χ3n) is 2.46. The molecule has 0 aliphatic rings. The van der Waals surface area contributed by atoms with Crippen LogP contribution in [0.2, 0.25) is 0 Å². The summed E-state index contributed by atoms with van der Waals surface area (Å²) in [4.78, 5) is 4.13. The lowest BCUT2D eigenvalue weighted by atomic mass is 10.1. The molecule has 0 aliphatic carbocycles. The van der Waals surface area contributed by atoms with Crippen LogP contribution in [0.1, 0.15) is 11.4 Å². The summed E-state index contributed by atoms with van der Waals surface area (Å²) in [5.41, 5.74) is 5.36. The minimum atomic E-state index is -4.38. The predicted octanol–water partition coefficient (Wildman–Crippen LogP) is 2.06. The summed E-state index contributed by atoms with van der Waals surface area (Å²) >= 11 is 0. The molecule has 0 spiro atoms. The van der Waals surface area contributed by atoms with Crippen LogP contribution in [-0.2, 0) is 12.6 Å². The highest BCUT2D eigenvalue weighted by Crippen LogP contribution is 2.31. The Bertz CT molecular complexity index is 569. The number of alkyl halides is 3. The molecule has 100 valence electrons. The summed E-state index contributed by atoms with van der Waals surface area (Å²) in [5, 5.41) is 7.48. The minimum absolute atomic E-state index is 0.350. The topological polar surface area (TPSA) is 64.7 Å². The van der Waals surface area contributed by atoms with Gasteiger partial charge < -0.3 is 5.73 Å². The highest BCUT2D eigenvalue weighted by atomic mass is 19.4. The van der Waals surface area contributed by atoms with Gasteiger partial charge in [0.2, 0.25) is 0 Å². The van der Waals surface area contributed by atoms with Crippen molar-refractivity contribution in [2.75, 3.05) is 6.54 Å². The van der Waals surface area contributed by atoms with Crippen LogP contribution in [0.3, 0.4) is 0 Å². The maximum absolute atomic E-state index is 12.6. The molecule has 19 heavy (non-hydrogen) atoms. The van der Waals surface area contributed by atoms with Crippen molar-refractivity contribution in [2.45, 2.75) is 12.6 Å². The fraction of sp³-hybridized carbons (Fsp3) is 0.250. The first kappa shape index (κ1) is 13.4. The van der Waals surface area contributed by atoms with E-state index in [-0.39, 0.29) is 0 Å². The molecule has 0 atom stereocenters. The van der Waals surface area contributed by atoms with E-state index >= 15 is 0 Å². The Kier molecular flexibility index (Phi) is 3.75. The zero-order chi connectivity index (χ0) is 13.9. The second-order valence-electron chi connectivity index (χ2n) is 3.88. The normalized spacial score (nSPS) is 11.6. The van der Waals surface area contributed by atoms with Gasteiger partial charge in [-0.3, -0.25) is 0 Å². The Morgan fingerprint density at radius 1 is 1.21 bits per heavy atom. The number of hydrogen-bond donors (Lipinski definition) is 1. The maximum atomic E-state index is 12.6. The van der Waals surface area contributed by atoms with Gasteiger partial charge in [-0.25, -0.2) is 4.98 Å². The van der Waals surface area contributed by atoms with E-state index in [0.717, 1.165) is 12.1 Å². The number of rotatable bonds is 3. The Balaban J connectivity index is 2.39. The predicted molar refractivity (Wildman–Crippen MR) is 63.0 cm³/mol. The SMILES string of the molecule is NCCc1nncc(-c2cccc(C(F)(F)F)c2)n1. The van der Waals surface area contributed by atoms with Crippen LogP contribution in [0.15, 0.2) is 30.5 Å². The molecule has 2 aromatic rings. The lowest BCUT2D eigenvalue weighted by Crippen LogP contribution is -2.08. The number of benzene rings is 1. The van der Waals surface area contributed by atoms with Crippen molar-refractivity contribution in [3.63, 3.8) is 0 Å². The van der Waals surface area contributed by atoms with Crippen molar-refractivity contribution in [3.05, 3.63) is 41.9 Å². The van der Waals surface area contributed by atoms with Crippen LogP contribution < -0.4 is 5.73 Å². The molecule has 0 aliphatic heterocycles. The highest BCUT2D eigenvalue weighted by Gasteiger charge is 2.30. The van der Waals surface area contributed by atoms with Gasteiger partial charge in [0.1, 0.15) is 0 Å². The van der Waals surface area contributed by atoms with Crippen molar-refractivity contribution in [2.24, 2.45) is 5.73 Å². The van der Waals surface area contributed by atoms with E-state index in [9.17, 15) is 13.2 Å². The number of hydrogen-bond acceptors (Lipinski definition) is 4. The summed E-state index contributed by atoms with van der Waals surface area (Å²) in [6.45, 7) is 0.355. The Morgan fingerprint density at radius 3 is 2.68 bits per heavy atom. The van der Waals surface area contributed by atoms with E-state index in [0.29, 0.717) is 30.0 Å². The Morgan fingerprint density at radius 2 is 2.00 bits per heavy atom. The molecule has 4 nitrogen and oxygen atoms in total. The minimum Gasteiger partial charge on any atom is -0.330 e. The second kappa shape index (κ2) is 5.31. The smallest absolute Gasteiger partial charge is 0.330 e. The maximum Gasteiger partial charge on any atom is 0.416 e. The lowest BCUT2D eigenvalue weighted by molar-refractivity contribution is -0.137. The molecule has 1 aromatic heterocycles. The molecule has 0 fully saturated rings. The van der Waals surface area contributed by atoms with Crippen molar-refractivity contribution in [3.8, 4) is 11.3 Å². The first-order valence-corrected chi connectivity index (χ1v) is 5.57. The van der Waals surface area contributed by atoms with E-state index in [4.69, 9.17) is 5.73 Å². The van der Waals surface area contributed by atoms with Crippen LogP contribution in [0.25, 0.3) is 11.3 Å². The van der Waals surface area contributed by atoms with Gasteiger partial charge in [0.25, 0.3) is 0 Å². The third-order valence-corrected chi connectivity index (χ3v) is 2.46. The van der Waals surface area contributed by atoms with Crippen molar-refractivity contribution < 1.29 is 13.2 Å². The van der Waals surface area contributed by atoms with E-state index in [2.05, 4.69) is 15.2 Å². The summed E-state index contributed by atoms with van der Waals surface area (Å²) < 4.78 is 37.9. The number of nitrogens with zero attached hydrogens (tertiary/aromatic N) is 3. The van der Waals surface area contributed by atoms with Crippen molar-refractivity contribution in [1.29, 1.82) is 0 Å². The van der Waals surface area contributed by atoms with Gasteiger partial charge in [0, 0.05) is 12.0 Å². The van der Waals surface area contributed by atoms with Gasteiger partial charge in [-0.05, 0) is 18.7 Å². The van der Waals surface area contributed by atoms with E-state index in [1.807, 2.05) is 0 Å². The van der Waals surface area contributed by atoms with Crippen LogP contribution >= 0.6 is 0 Å². The van der Waals surface area contributed by atoms with Crippen LogP contribution in [0, 0.1) is 0 Å². The first-order valence-electron chi connectivity index (χ1n) is 5.57. The van der Waals surface area contributed by atoms with Crippen molar-refractivity contribution in [1.82, 2.24) is 15.2 Å². The average Bonchev–Trinajstić information content (AvgIpc) is 2.39. The van der Waals surface area contributed by atoms with Gasteiger partial charge in [0.15, 0.2) is 5.82 Å². The molecule has 2 rings (SSSR count). The summed E-state index contributed by atoms with van der Waals surface area (Å²) in [6.07, 6.45) is -2.62. The molecule has 0 unspecified atom stereocenters. The number of halogens is 3. The molecule has 0 saturated heterocycles. The first-order chi connectivity index (χ1) is 9.00. The molecule has 7 heteroatoms. The average molecular weight is 268 g/mol. The van der Waals surface area contributed by atoms with Gasteiger partial charge in [-0.15, -0.1) is 5.10 Å². The second-order valence-corrected chi connectivity index (χ2v) is 3.88. The van der Waals surface area contributed by atoms with Crippen LogP contribution in [-0.4, -0.2) is 21.7 Å². The monoisotopic (exact) mass is 268 g/mol. The fourth-order valence-corrected chi connectivity index (χ4v) is 1.57. The molecule has 0 bridgehead atoms. The Labute approximate surface area is 107 Å². The quantitative estimate of drug-likeness (QED) is 0.925. The fourth-order valence-electron chi connectivity index (χ4n) is 1.57. The van der Waals surface area contributed by atoms with Gasteiger partial charge in [-0.1, -0.05) is 12.1 Å². The number of aromatic nitrogens is 3. The number of nitrogens with two attached hydrogens (primary N) is 1. The molecule has 1 heterocycles. The van der Waals surface area contributed by atoms with Gasteiger partial charge in [-0.2, -0.15) is 18.3 Å². The molecule has 2 N–H and O–H groups in total. The highest BCUT2D eigenvalue weighted by molar-refractivity contribution is 5.59. The molecular weight excluding hydrogens is 257 g/mol.